The number of carbonyl (C=O) groups is 1. The van der Waals surface area contributed by atoms with E-state index in [1.54, 1.807) is 30.3 Å². The van der Waals surface area contributed by atoms with E-state index in [4.69, 9.17) is 4.74 Å². The number of rotatable bonds is 5. The summed E-state index contributed by atoms with van der Waals surface area (Å²) in [4.78, 5) is 11.2. The Bertz CT molecular complexity index is 813. The zero-order valence-electron chi connectivity index (χ0n) is 12.4. The van der Waals surface area contributed by atoms with Crippen LogP contribution in [-0.2, 0) is 6.61 Å². The predicted octanol–water partition coefficient (Wildman–Crippen LogP) is 4.88. The van der Waals surface area contributed by atoms with Crippen LogP contribution in [0.4, 0.5) is 4.39 Å². The molecule has 3 aromatic carbocycles. The van der Waals surface area contributed by atoms with Crippen LogP contribution in [-0.4, -0.2) is 6.29 Å². The third-order valence-electron chi connectivity index (χ3n) is 3.54. The molecule has 0 bridgehead atoms. The van der Waals surface area contributed by atoms with Crippen LogP contribution in [0.3, 0.4) is 0 Å². The summed E-state index contributed by atoms with van der Waals surface area (Å²) >= 11 is 0. The van der Waals surface area contributed by atoms with Crippen LogP contribution in [0.2, 0.25) is 0 Å². The second kappa shape index (κ2) is 6.88. The third kappa shape index (κ3) is 3.64. The summed E-state index contributed by atoms with van der Waals surface area (Å²) in [5.74, 6) is 0.300. The summed E-state index contributed by atoms with van der Waals surface area (Å²) in [6, 6.07) is 21.2. The van der Waals surface area contributed by atoms with Crippen molar-refractivity contribution in [2.75, 3.05) is 0 Å². The van der Waals surface area contributed by atoms with E-state index in [0.29, 0.717) is 29.0 Å². The van der Waals surface area contributed by atoms with E-state index < -0.39 is 0 Å². The topological polar surface area (TPSA) is 26.3 Å². The highest BCUT2D eigenvalue weighted by Gasteiger charge is 2.08. The lowest BCUT2D eigenvalue weighted by atomic mass is 10.00. The van der Waals surface area contributed by atoms with Crippen LogP contribution >= 0.6 is 0 Å². The minimum Gasteiger partial charge on any atom is -0.489 e. The van der Waals surface area contributed by atoms with Crippen molar-refractivity contribution in [2.24, 2.45) is 0 Å². The first-order chi connectivity index (χ1) is 11.3. The molecular formula is C20H15FO2. The molecule has 0 aromatic heterocycles. The summed E-state index contributed by atoms with van der Waals surface area (Å²) in [5.41, 5.74) is 2.87. The minimum atomic E-state index is -0.338. The van der Waals surface area contributed by atoms with Crippen LogP contribution in [0.5, 0.6) is 5.75 Å². The molecule has 0 radical (unpaired) electrons. The van der Waals surface area contributed by atoms with Crippen LogP contribution in [0, 0.1) is 5.82 Å². The van der Waals surface area contributed by atoms with Crippen molar-refractivity contribution in [1.29, 1.82) is 0 Å². The van der Waals surface area contributed by atoms with Gasteiger partial charge in [0.2, 0.25) is 0 Å². The molecule has 0 saturated heterocycles. The number of benzene rings is 3. The number of aldehydes is 1. The van der Waals surface area contributed by atoms with Crippen molar-refractivity contribution in [3.63, 3.8) is 0 Å². The van der Waals surface area contributed by atoms with Gasteiger partial charge in [-0.15, -0.1) is 0 Å². The van der Waals surface area contributed by atoms with Gasteiger partial charge in [-0.25, -0.2) is 4.39 Å². The van der Waals surface area contributed by atoms with Gasteiger partial charge < -0.3 is 4.74 Å². The Morgan fingerprint density at radius 2 is 1.74 bits per heavy atom. The summed E-state index contributed by atoms with van der Waals surface area (Å²) in [6.45, 7) is 0.434. The molecule has 0 saturated carbocycles. The molecule has 23 heavy (non-hydrogen) atoms. The van der Waals surface area contributed by atoms with Crippen LogP contribution in [0.25, 0.3) is 11.1 Å². The first-order valence-electron chi connectivity index (χ1n) is 7.28. The minimum absolute atomic E-state index is 0.338. The average Bonchev–Trinajstić information content (AvgIpc) is 2.60. The van der Waals surface area contributed by atoms with E-state index in [0.717, 1.165) is 11.8 Å². The molecule has 0 spiro atoms. The van der Waals surface area contributed by atoms with Gasteiger partial charge >= 0.3 is 0 Å². The van der Waals surface area contributed by atoms with Gasteiger partial charge in [-0.1, -0.05) is 42.5 Å². The van der Waals surface area contributed by atoms with Crippen LogP contribution < -0.4 is 4.74 Å². The molecule has 0 aliphatic rings. The Morgan fingerprint density at radius 3 is 2.48 bits per heavy atom. The second-order valence-electron chi connectivity index (χ2n) is 5.15. The number of carbonyl (C=O) groups excluding carboxylic acids is 1. The number of halogens is 1. The van der Waals surface area contributed by atoms with Gasteiger partial charge in [0, 0.05) is 5.56 Å². The molecule has 3 aromatic rings. The molecule has 0 atom stereocenters. The summed E-state index contributed by atoms with van der Waals surface area (Å²) < 4.78 is 19.2. The van der Waals surface area contributed by atoms with E-state index in [9.17, 15) is 9.18 Å². The molecule has 0 aliphatic heterocycles. The van der Waals surface area contributed by atoms with Gasteiger partial charge in [-0.2, -0.15) is 0 Å². The van der Waals surface area contributed by atoms with Crippen molar-refractivity contribution in [3.8, 4) is 16.9 Å². The van der Waals surface area contributed by atoms with E-state index in [1.807, 2.05) is 30.3 Å². The molecule has 0 fully saturated rings. The van der Waals surface area contributed by atoms with Gasteiger partial charge in [0.25, 0.3) is 0 Å². The molecule has 114 valence electrons. The Balaban J connectivity index is 1.88. The van der Waals surface area contributed by atoms with Gasteiger partial charge in [0.1, 0.15) is 18.2 Å². The highest BCUT2D eigenvalue weighted by molar-refractivity contribution is 5.88. The predicted molar refractivity (Wildman–Crippen MR) is 88.0 cm³/mol. The smallest absolute Gasteiger partial charge is 0.150 e. The summed E-state index contributed by atoms with van der Waals surface area (Å²) in [6.07, 6.45) is 0.765. The fourth-order valence-electron chi connectivity index (χ4n) is 2.37. The Kier molecular flexibility index (Phi) is 4.48. The quantitative estimate of drug-likeness (QED) is 0.628. The van der Waals surface area contributed by atoms with Gasteiger partial charge in [0.05, 0.1) is 0 Å². The van der Waals surface area contributed by atoms with Gasteiger partial charge in [-0.05, 0) is 47.0 Å². The van der Waals surface area contributed by atoms with E-state index in [1.165, 1.54) is 12.1 Å². The van der Waals surface area contributed by atoms with Crippen molar-refractivity contribution in [2.45, 2.75) is 6.61 Å². The van der Waals surface area contributed by atoms with E-state index >= 15 is 0 Å². The SMILES string of the molecule is O=Cc1ccc(OCc2ccccc2)cc1-c1cccc(F)c1. The molecule has 2 nitrogen and oxygen atoms in total. The number of hydrogen-bond acceptors (Lipinski definition) is 2. The summed E-state index contributed by atoms with van der Waals surface area (Å²) in [5, 5.41) is 0. The zero-order valence-corrected chi connectivity index (χ0v) is 12.4. The van der Waals surface area contributed by atoms with Crippen molar-refractivity contribution in [3.05, 3.63) is 89.7 Å². The lowest BCUT2D eigenvalue weighted by molar-refractivity contribution is 0.112. The first kappa shape index (κ1) is 15.0. The second-order valence-corrected chi connectivity index (χ2v) is 5.15. The monoisotopic (exact) mass is 306 g/mol. The maximum atomic E-state index is 13.4. The van der Waals surface area contributed by atoms with E-state index in [-0.39, 0.29) is 5.82 Å². The Hall–Kier alpha value is -2.94. The average molecular weight is 306 g/mol. The number of ether oxygens (including phenoxy) is 1. The highest BCUT2D eigenvalue weighted by atomic mass is 19.1. The van der Waals surface area contributed by atoms with Crippen LogP contribution in [0.1, 0.15) is 15.9 Å². The number of hydrogen-bond donors (Lipinski definition) is 0. The largest absolute Gasteiger partial charge is 0.489 e. The maximum absolute atomic E-state index is 13.4. The van der Waals surface area contributed by atoms with Gasteiger partial charge in [-0.3, -0.25) is 4.79 Å². The molecule has 3 heteroatoms. The van der Waals surface area contributed by atoms with Crippen molar-refractivity contribution in [1.82, 2.24) is 0 Å². The first-order valence-corrected chi connectivity index (χ1v) is 7.28. The Morgan fingerprint density at radius 1 is 0.913 bits per heavy atom. The molecule has 0 amide bonds. The fraction of sp³-hybridized carbons (Fsp3) is 0.0500. The van der Waals surface area contributed by atoms with Crippen molar-refractivity contribution < 1.29 is 13.9 Å². The Labute approximate surface area is 134 Å². The third-order valence-corrected chi connectivity index (χ3v) is 3.54. The van der Waals surface area contributed by atoms with Gasteiger partial charge in [0.15, 0.2) is 6.29 Å². The molecule has 0 unspecified atom stereocenters. The normalized spacial score (nSPS) is 10.3. The molecular weight excluding hydrogens is 291 g/mol. The van der Waals surface area contributed by atoms with E-state index in [2.05, 4.69) is 0 Å². The molecule has 0 heterocycles. The lowest BCUT2D eigenvalue weighted by Crippen LogP contribution is -1.96. The van der Waals surface area contributed by atoms with Crippen molar-refractivity contribution >= 4 is 6.29 Å². The molecule has 3 rings (SSSR count). The summed E-state index contributed by atoms with van der Waals surface area (Å²) in [7, 11) is 0. The highest BCUT2D eigenvalue weighted by Crippen LogP contribution is 2.28. The standard InChI is InChI=1S/C20H15FO2/c21-18-8-4-7-16(11-18)20-12-19(10-9-17(20)13-22)23-14-15-5-2-1-3-6-15/h1-13H,14H2. The van der Waals surface area contributed by atoms with Crippen LogP contribution in [0.15, 0.2) is 72.8 Å². The maximum Gasteiger partial charge on any atom is 0.150 e. The zero-order chi connectivity index (χ0) is 16.1. The lowest BCUT2D eigenvalue weighted by Gasteiger charge is -2.10. The molecule has 0 N–H and O–H groups in total. The fourth-order valence-corrected chi connectivity index (χ4v) is 2.37. The molecule has 0 aliphatic carbocycles.